The fraction of sp³-hybridized carbons (Fsp3) is 0.909. The largest absolute Gasteiger partial charge is 0.469 e. The first-order valence-corrected chi connectivity index (χ1v) is 7.53. The summed E-state index contributed by atoms with van der Waals surface area (Å²) in [5.74, 6) is -0.0784. The Balaban J connectivity index is 2.55. The number of sulfonamides is 1. The van der Waals surface area contributed by atoms with Crippen LogP contribution >= 0.6 is 0 Å². The molecule has 1 aliphatic rings. The predicted molar refractivity (Wildman–Crippen MR) is 64.9 cm³/mol. The highest BCUT2D eigenvalue weighted by molar-refractivity contribution is 7.89. The standard InChI is InChI=1S/C11H21NO4S/c1-9(2)8-17(14,15)12-6-4-10(5-7-12)11(13)16-3/h9-10H,4-8H2,1-3H3. The molecule has 1 rings (SSSR count). The monoisotopic (exact) mass is 263 g/mol. The van der Waals surface area contributed by atoms with Crippen molar-refractivity contribution in [3.8, 4) is 0 Å². The first-order chi connectivity index (χ1) is 7.86. The smallest absolute Gasteiger partial charge is 0.308 e. The molecule has 0 aromatic heterocycles. The molecule has 1 aliphatic heterocycles. The predicted octanol–water partition coefficient (Wildman–Crippen LogP) is 0.857. The Bertz CT molecular complexity index is 356. The minimum atomic E-state index is -3.16. The molecule has 1 saturated heterocycles. The van der Waals surface area contributed by atoms with Gasteiger partial charge in [0.2, 0.25) is 10.0 Å². The normalized spacial score (nSPS) is 19.5. The zero-order valence-electron chi connectivity index (χ0n) is 10.7. The van der Waals surface area contributed by atoms with E-state index >= 15 is 0 Å². The van der Waals surface area contributed by atoms with Gasteiger partial charge in [-0.25, -0.2) is 12.7 Å². The van der Waals surface area contributed by atoms with Gasteiger partial charge in [-0.1, -0.05) is 13.8 Å². The first-order valence-electron chi connectivity index (χ1n) is 5.92. The number of hydrogen-bond donors (Lipinski definition) is 0. The highest BCUT2D eigenvalue weighted by Crippen LogP contribution is 2.21. The minimum absolute atomic E-state index is 0.123. The molecule has 0 aliphatic carbocycles. The van der Waals surface area contributed by atoms with E-state index in [0.717, 1.165) is 0 Å². The van der Waals surface area contributed by atoms with E-state index in [-0.39, 0.29) is 23.6 Å². The van der Waals surface area contributed by atoms with Gasteiger partial charge in [0, 0.05) is 13.1 Å². The van der Waals surface area contributed by atoms with Gasteiger partial charge in [0.25, 0.3) is 0 Å². The second-order valence-electron chi connectivity index (χ2n) is 4.87. The van der Waals surface area contributed by atoms with E-state index in [1.165, 1.54) is 11.4 Å². The molecule has 0 aromatic rings. The van der Waals surface area contributed by atoms with E-state index in [4.69, 9.17) is 0 Å². The third kappa shape index (κ3) is 3.96. The van der Waals surface area contributed by atoms with E-state index in [1.54, 1.807) is 0 Å². The summed E-state index contributed by atoms with van der Waals surface area (Å²) >= 11 is 0. The van der Waals surface area contributed by atoms with Gasteiger partial charge in [-0.3, -0.25) is 4.79 Å². The molecule has 17 heavy (non-hydrogen) atoms. The Morgan fingerprint density at radius 1 is 1.35 bits per heavy atom. The van der Waals surface area contributed by atoms with Crippen molar-refractivity contribution in [3.63, 3.8) is 0 Å². The molecule has 6 heteroatoms. The number of carbonyl (C=O) groups is 1. The third-order valence-corrected chi connectivity index (χ3v) is 5.17. The van der Waals surface area contributed by atoms with Crippen LogP contribution in [0.5, 0.6) is 0 Å². The lowest BCUT2D eigenvalue weighted by molar-refractivity contribution is -0.146. The molecule has 0 saturated carbocycles. The molecule has 100 valence electrons. The Hall–Kier alpha value is -0.620. The van der Waals surface area contributed by atoms with Crippen molar-refractivity contribution in [2.45, 2.75) is 26.7 Å². The SMILES string of the molecule is COC(=O)C1CCN(S(=O)(=O)CC(C)C)CC1. The Labute approximate surface area is 103 Å². The minimum Gasteiger partial charge on any atom is -0.469 e. The van der Waals surface area contributed by atoms with Crippen molar-refractivity contribution in [3.05, 3.63) is 0 Å². The summed E-state index contributed by atoms with van der Waals surface area (Å²) in [5.41, 5.74) is 0. The van der Waals surface area contributed by atoms with E-state index in [0.29, 0.717) is 25.9 Å². The number of ether oxygens (including phenoxy) is 1. The average molecular weight is 263 g/mol. The fourth-order valence-electron chi connectivity index (χ4n) is 2.06. The number of carbonyl (C=O) groups excluding carboxylic acids is 1. The van der Waals surface area contributed by atoms with Gasteiger partial charge in [0.15, 0.2) is 0 Å². The molecule has 0 aromatic carbocycles. The third-order valence-electron chi connectivity index (χ3n) is 2.93. The van der Waals surface area contributed by atoms with Gasteiger partial charge in [-0.05, 0) is 18.8 Å². The van der Waals surface area contributed by atoms with Crippen molar-refractivity contribution in [2.75, 3.05) is 26.0 Å². The lowest BCUT2D eigenvalue weighted by atomic mass is 9.99. The van der Waals surface area contributed by atoms with Crippen LogP contribution in [-0.4, -0.2) is 44.6 Å². The number of methoxy groups -OCH3 is 1. The highest BCUT2D eigenvalue weighted by atomic mass is 32.2. The van der Waals surface area contributed by atoms with Gasteiger partial charge >= 0.3 is 5.97 Å². The van der Waals surface area contributed by atoms with E-state index in [9.17, 15) is 13.2 Å². The Morgan fingerprint density at radius 2 is 1.88 bits per heavy atom. The molecule has 0 radical (unpaired) electrons. The quantitative estimate of drug-likeness (QED) is 0.706. The van der Waals surface area contributed by atoms with Crippen LogP contribution in [0.15, 0.2) is 0 Å². The first kappa shape index (κ1) is 14.4. The summed E-state index contributed by atoms with van der Waals surface area (Å²) in [5, 5.41) is 0. The van der Waals surface area contributed by atoms with Crippen LogP contribution in [-0.2, 0) is 19.6 Å². The van der Waals surface area contributed by atoms with E-state index in [1.807, 2.05) is 13.8 Å². The van der Waals surface area contributed by atoms with Crippen LogP contribution in [0.2, 0.25) is 0 Å². The summed E-state index contributed by atoms with van der Waals surface area (Å²) in [6.07, 6.45) is 1.12. The molecule has 0 atom stereocenters. The maximum Gasteiger partial charge on any atom is 0.308 e. The second kappa shape index (κ2) is 5.82. The number of nitrogens with zero attached hydrogens (tertiary/aromatic N) is 1. The zero-order valence-corrected chi connectivity index (χ0v) is 11.5. The van der Waals surface area contributed by atoms with Crippen molar-refractivity contribution in [1.82, 2.24) is 4.31 Å². The van der Waals surface area contributed by atoms with Crippen LogP contribution in [0.3, 0.4) is 0 Å². The molecule has 1 fully saturated rings. The van der Waals surface area contributed by atoms with Crippen LogP contribution < -0.4 is 0 Å². The molecular weight excluding hydrogens is 242 g/mol. The van der Waals surface area contributed by atoms with Crippen molar-refractivity contribution in [1.29, 1.82) is 0 Å². The van der Waals surface area contributed by atoms with Crippen LogP contribution in [0, 0.1) is 11.8 Å². The number of hydrogen-bond acceptors (Lipinski definition) is 4. The van der Waals surface area contributed by atoms with Crippen molar-refractivity contribution in [2.24, 2.45) is 11.8 Å². The lowest BCUT2D eigenvalue weighted by Gasteiger charge is -2.30. The summed E-state index contributed by atoms with van der Waals surface area (Å²) < 4.78 is 30.1. The van der Waals surface area contributed by atoms with Crippen LogP contribution in [0.4, 0.5) is 0 Å². The Morgan fingerprint density at radius 3 is 2.29 bits per heavy atom. The van der Waals surface area contributed by atoms with Gasteiger partial charge in [0.1, 0.15) is 0 Å². The molecule has 0 unspecified atom stereocenters. The van der Waals surface area contributed by atoms with E-state index < -0.39 is 10.0 Å². The Kier molecular flexibility index (Phi) is 4.94. The van der Waals surface area contributed by atoms with Gasteiger partial charge in [0.05, 0.1) is 18.8 Å². The van der Waals surface area contributed by atoms with Crippen LogP contribution in [0.25, 0.3) is 0 Å². The molecule has 5 nitrogen and oxygen atoms in total. The van der Waals surface area contributed by atoms with E-state index in [2.05, 4.69) is 4.74 Å². The van der Waals surface area contributed by atoms with Gasteiger partial charge in [-0.2, -0.15) is 0 Å². The lowest BCUT2D eigenvalue weighted by Crippen LogP contribution is -2.42. The summed E-state index contributed by atoms with van der Waals surface area (Å²) in [6, 6.07) is 0. The molecular formula is C11H21NO4S. The second-order valence-corrected chi connectivity index (χ2v) is 6.88. The van der Waals surface area contributed by atoms with Gasteiger partial charge < -0.3 is 4.74 Å². The molecule has 0 bridgehead atoms. The van der Waals surface area contributed by atoms with Crippen molar-refractivity contribution < 1.29 is 17.9 Å². The molecule has 0 amide bonds. The molecule has 1 heterocycles. The zero-order chi connectivity index (χ0) is 13.1. The fourth-order valence-corrected chi connectivity index (χ4v) is 3.88. The average Bonchev–Trinajstić information content (AvgIpc) is 2.26. The summed E-state index contributed by atoms with van der Waals surface area (Å²) in [7, 11) is -1.79. The summed E-state index contributed by atoms with van der Waals surface area (Å²) in [6.45, 7) is 4.63. The highest BCUT2D eigenvalue weighted by Gasteiger charge is 2.31. The van der Waals surface area contributed by atoms with Crippen LogP contribution in [0.1, 0.15) is 26.7 Å². The summed E-state index contributed by atoms with van der Waals surface area (Å²) in [4.78, 5) is 11.3. The van der Waals surface area contributed by atoms with Crippen molar-refractivity contribution >= 4 is 16.0 Å². The molecule has 0 spiro atoms. The topological polar surface area (TPSA) is 63.7 Å². The molecule has 0 N–H and O–H groups in total. The maximum absolute atomic E-state index is 12.0. The number of rotatable bonds is 4. The van der Waals surface area contributed by atoms with Gasteiger partial charge in [-0.15, -0.1) is 0 Å². The number of esters is 1. The maximum atomic E-state index is 12.0. The number of piperidine rings is 1.